The molecule has 0 bridgehead atoms. The number of halogens is 5. The van der Waals surface area contributed by atoms with Crippen molar-refractivity contribution < 1.29 is 31.8 Å². The summed E-state index contributed by atoms with van der Waals surface area (Å²) in [7, 11) is 0. The highest BCUT2D eigenvalue weighted by molar-refractivity contribution is 5.50. The SMILES string of the molecule is CC(F)(F)c1ncc(OC2CC(F)C2)c2c1[C@H](O)[C@H](F)[C@@H]2F. The van der Waals surface area contributed by atoms with E-state index < -0.39 is 53.5 Å². The fourth-order valence-corrected chi connectivity index (χ4v) is 2.81. The van der Waals surface area contributed by atoms with Gasteiger partial charge in [0.2, 0.25) is 0 Å². The summed E-state index contributed by atoms with van der Waals surface area (Å²) in [4.78, 5) is 3.51. The van der Waals surface area contributed by atoms with Gasteiger partial charge in [-0.2, -0.15) is 8.78 Å². The average molecular weight is 323 g/mol. The Morgan fingerprint density at radius 3 is 2.41 bits per heavy atom. The predicted octanol–water partition coefficient (Wildman–Crippen LogP) is 3.47. The Morgan fingerprint density at radius 2 is 1.86 bits per heavy atom. The second-order valence-corrected chi connectivity index (χ2v) is 5.79. The zero-order valence-corrected chi connectivity index (χ0v) is 11.6. The summed E-state index contributed by atoms with van der Waals surface area (Å²) < 4.78 is 73.0. The lowest BCUT2D eigenvalue weighted by molar-refractivity contribution is 0.00478. The van der Waals surface area contributed by atoms with E-state index in [9.17, 15) is 27.1 Å². The maximum absolute atomic E-state index is 14.1. The third kappa shape index (κ3) is 2.33. The molecule has 3 rings (SSSR count). The van der Waals surface area contributed by atoms with E-state index in [1.54, 1.807) is 0 Å². The second kappa shape index (κ2) is 5.04. The van der Waals surface area contributed by atoms with Crippen molar-refractivity contribution in [2.45, 2.75) is 56.4 Å². The van der Waals surface area contributed by atoms with Crippen molar-refractivity contribution >= 4 is 0 Å². The highest BCUT2D eigenvalue weighted by atomic mass is 19.3. The molecule has 0 radical (unpaired) electrons. The lowest BCUT2D eigenvalue weighted by atomic mass is 9.93. The summed E-state index contributed by atoms with van der Waals surface area (Å²) in [6, 6.07) is 0. The minimum Gasteiger partial charge on any atom is -0.488 e. The van der Waals surface area contributed by atoms with Crippen molar-refractivity contribution in [2.24, 2.45) is 0 Å². The van der Waals surface area contributed by atoms with Gasteiger partial charge in [0.25, 0.3) is 5.92 Å². The van der Waals surface area contributed by atoms with Gasteiger partial charge in [-0.3, -0.25) is 4.98 Å². The van der Waals surface area contributed by atoms with E-state index in [0.717, 1.165) is 6.20 Å². The summed E-state index contributed by atoms with van der Waals surface area (Å²) in [5.74, 6) is -3.68. The Morgan fingerprint density at radius 1 is 1.23 bits per heavy atom. The monoisotopic (exact) mass is 323 g/mol. The molecule has 0 aromatic carbocycles. The molecule has 2 aliphatic rings. The summed E-state index contributed by atoms with van der Waals surface area (Å²) in [6.45, 7) is 0.529. The van der Waals surface area contributed by atoms with Crippen molar-refractivity contribution in [1.29, 1.82) is 0 Å². The van der Waals surface area contributed by atoms with Crippen molar-refractivity contribution in [3.05, 3.63) is 23.0 Å². The molecule has 2 aliphatic carbocycles. The van der Waals surface area contributed by atoms with E-state index in [1.807, 2.05) is 0 Å². The number of hydrogen-bond acceptors (Lipinski definition) is 3. The zero-order chi connectivity index (χ0) is 16.2. The van der Waals surface area contributed by atoms with Crippen molar-refractivity contribution in [3.8, 4) is 5.75 Å². The first-order chi connectivity index (χ1) is 10.2. The Balaban J connectivity index is 2.04. The smallest absolute Gasteiger partial charge is 0.287 e. The number of alkyl halides is 5. The molecule has 0 amide bonds. The summed E-state index contributed by atoms with van der Waals surface area (Å²) >= 11 is 0. The molecule has 8 heteroatoms. The Labute approximate surface area is 123 Å². The summed E-state index contributed by atoms with van der Waals surface area (Å²) in [5.41, 5.74) is -1.89. The van der Waals surface area contributed by atoms with Crippen LogP contribution >= 0.6 is 0 Å². The molecular weight excluding hydrogens is 309 g/mol. The van der Waals surface area contributed by atoms with Gasteiger partial charge in [0.15, 0.2) is 12.3 Å². The maximum Gasteiger partial charge on any atom is 0.287 e. The van der Waals surface area contributed by atoms with Crippen LogP contribution in [0.25, 0.3) is 0 Å². The number of hydrogen-bond donors (Lipinski definition) is 1. The fraction of sp³-hybridized carbons (Fsp3) is 0.643. The number of fused-ring (bicyclic) bond motifs is 1. The van der Waals surface area contributed by atoms with E-state index in [-0.39, 0.29) is 18.6 Å². The molecule has 122 valence electrons. The van der Waals surface area contributed by atoms with Crippen molar-refractivity contribution in [2.75, 3.05) is 0 Å². The van der Waals surface area contributed by atoms with E-state index in [1.165, 1.54) is 0 Å². The molecule has 1 aromatic heterocycles. The maximum atomic E-state index is 14.1. The van der Waals surface area contributed by atoms with Crippen LogP contribution < -0.4 is 4.74 Å². The van der Waals surface area contributed by atoms with Crippen molar-refractivity contribution in [1.82, 2.24) is 4.98 Å². The summed E-state index contributed by atoms with van der Waals surface area (Å²) in [5, 5.41) is 9.73. The standard InChI is InChI=1S/C14H14F5NO2/c1-14(18,19)13-9-8(10(16)11(17)12(9)21)7(4-20-13)22-6-2-5(15)3-6/h4-6,10-12,21H,2-3H2,1H3/t5?,6?,10-,11-,12+/m1/s1. The topological polar surface area (TPSA) is 42.4 Å². The first kappa shape index (κ1) is 15.5. The molecule has 1 N–H and O–H groups in total. The molecule has 1 heterocycles. The third-order valence-corrected chi connectivity index (χ3v) is 4.02. The number of aromatic nitrogens is 1. The van der Waals surface area contributed by atoms with E-state index in [0.29, 0.717) is 6.92 Å². The largest absolute Gasteiger partial charge is 0.488 e. The van der Waals surface area contributed by atoms with Crippen LogP contribution in [0.2, 0.25) is 0 Å². The Kier molecular flexibility index (Phi) is 3.54. The number of aliphatic hydroxyl groups excluding tert-OH is 1. The molecule has 3 nitrogen and oxygen atoms in total. The lowest BCUT2D eigenvalue weighted by Gasteiger charge is -2.31. The number of rotatable bonds is 3. The van der Waals surface area contributed by atoms with Gasteiger partial charge in [-0.1, -0.05) is 0 Å². The van der Waals surface area contributed by atoms with Crippen LogP contribution in [-0.2, 0) is 5.92 Å². The minimum absolute atomic E-state index is 0.0963. The Hall–Kier alpha value is -1.44. The quantitative estimate of drug-likeness (QED) is 0.866. The van der Waals surface area contributed by atoms with Crippen LogP contribution in [0.4, 0.5) is 22.0 Å². The Bertz CT molecular complexity index is 585. The van der Waals surface area contributed by atoms with E-state index in [2.05, 4.69) is 4.98 Å². The van der Waals surface area contributed by atoms with Crippen molar-refractivity contribution in [3.63, 3.8) is 0 Å². The van der Waals surface area contributed by atoms with Gasteiger partial charge in [-0.15, -0.1) is 0 Å². The van der Waals surface area contributed by atoms with Gasteiger partial charge in [0.1, 0.15) is 29.8 Å². The van der Waals surface area contributed by atoms with Crippen LogP contribution in [-0.4, -0.2) is 28.5 Å². The molecule has 1 aromatic rings. The molecule has 0 aliphatic heterocycles. The molecule has 0 unspecified atom stereocenters. The average Bonchev–Trinajstić information content (AvgIpc) is 2.62. The van der Waals surface area contributed by atoms with E-state index in [4.69, 9.17) is 4.74 Å². The van der Waals surface area contributed by atoms with E-state index >= 15 is 0 Å². The molecule has 1 saturated carbocycles. The first-order valence-corrected chi connectivity index (χ1v) is 6.88. The van der Waals surface area contributed by atoms with Gasteiger partial charge in [-0.05, 0) is 0 Å². The summed E-state index contributed by atoms with van der Waals surface area (Å²) in [6.07, 6.45) is -7.16. The van der Waals surface area contributed by atoms with Gasteiger partial charge in [0, 0.05) is 30.9 Å². The van der Waals surface area contributed by atoms with Gasteiger partial charge >= 0.3 is 0 Å². The van der Waals surface area contributed by atoms with Gasteiger partial charge in [-0.25, -0.2) is 13.2 Å². The first-order valence-electron chi connectivity index (χ1n) is 6.88. The molecule has 3 atom stereocenters. The molecule has 1 fully saturated rings. The highest BCUT2D eigenvalue weighted by Crippen LogP contribution is 2.51. The highest BCUT2D eigenvalue weighted by Gasteiger charge is 2.48. The predicted molar refractivity (Wildman–Crippen MR) is 66.1 cm³/mol. The van der Waals surface area contributed by atoms with Gasteiger partial charge < -0.3 is 9.84 Å². The van der Waals surface area contributed by atoms with Gasteiger partial charge in [0.05, 0.1) is 6.20 Å². The molecule has 0 spiro atoms. The number of nitrogens with zero attached hydrogens (tertiary/aromatic N) is 1. The number of ether oxygens (including phenoxy) is 1. The molecule has 22 heavy (non-hydrogen) atoms. The fourth-order valence-electron chi connectivity index (χ4n) is 2.81. The van der Waals surface area contributed by atoms with Crippen LogP contribution in [0.15, 0.2) is 6.20 Å². The number of aliphatic hydroxyl groups is 1. The van der Waals surface area contributed by atoms with Crippen LogP contribution in [0, 0.1) is 0 Å². The second-order valence-electron chi connectivity index (χ2n) is 5.79. The zero-order valence-electron chi connectivity index (χ0n) is 11.6. The third-order valence-electron chi connectivity index (χ3n) is 4.02. The van der Waals surface area contributed by atoms with Crippen LogP contribution in [0.1, 0.15) is 48.9 Å². The minimum atomic E-state index is -3.46. The van der Waals surface area contributed by atoms with Crippen LogP contribution in [0.5, 0.6) is 5.75 Å². The number of pyridine rings is 1. The molecule has 0 saturated heterocycles. The normalized spacial score (nSPS) is 34.2. The van der Waals surface area contributed by atoms with Crippen LogP contribution in [0.3, 0.4) is 0 Å². The lowest BCUT2D eigenvalue weighted by Crippen LogP contribution is -2.35. The molecular formula is C14H14F5NO2.